The first-order chi connectivity index (χ1) is 22.0. The molecule has 2 N–H and O–H groups in total. The average molecular weight is 655 g/mol. The quantitative estimate of drug-likeness (QED) is 0.144. The second-order valence-electron chi connectivity index (χ2n) is 10.6. The number of phenolic OH excluding ortho intramolecular Hbond substituents is 1. The van der Waals surface area contributed by atoms with Gasteiger partial charge in [-0.3, -0.25) is 9.69 Å². The van der Waals surface area contributed by atoms with Crippen LogP contribution in [0.25, 0.3) is 21.8 Å². The summed E-state index contributed by atoms with van der Waals surface area (Å²) in [7, 11) is 1.48. The molecule has 12 heteroatoms. The Balaban J connectivity index is 1.34. The molecule has 0 aliphatic heterocycles. The van der Waals surface area contributed by atoms with Gasteiger partial charge in [0.2, 0.25) is 0 Å². The van der Waals surface area contributed by atoms with E-state index in [4.69, 9.17) is 27.9 Å². The van der Waals surface area contributed by atoms with E-state index in [1.165, 1.54) is 36.2 Å². The number of phenols is 1. The van der Waals surface area contributed by atoms with Crippen LogP contribution in [0.1, 0.15) is 31.8 Å². The Bertz CT molecular complexity index is 2210. The number of hydrogen-bond donors (Lipinski definition) is 2. The lowest BCUT2D eigenvalue weighted by Crippen LogP contribution is -2.33. The Kier molecular flexibility index (Phi) is 8.08. The number of para-hydroxylation sites is 1. The molecule has 1 heterocycles. The van der Waals surface area contributed by atoms with Crippen molar-refractivity contribution in [1.82, 2.24) is 15.0 Å². The van der Waals surface area contributed by atoms with E-state index in [2.05, 4.69) is 15.6 Å². The number of rotatable bonds is 5. The minimum Gasteiger partial charge on any atom is -0.506 e. The molecule has 6 aromatic rings. The molecular weight excluding hydrogens is 629 g/mol. The van der Waals surface area contributed by atoms with Gasteiger partial charge in [0.15, 0.2) is 0 Å². The van der Waals surface area contributed by atoms with Crippen molar-refractivity contribution in [3.8, 4) is 11.5 Å². The zero-order valence-corrected chi connectivity index (χ0v) is 26.2. The Hall–Kier alpha value is -5.45. The number of aryl methyl sites for hydroxylation is 2. The van der Waals surface area contributed by atoms with Gasteiger partial charge in [0.1, 0.15) is 22.5 Å². The molecule has 0 bridgehead atoms. The van der Waals surface area contributed by atoms with Crippen LogP contribution in [0.2, 0.25) is 10.0 Å². The minimum atomic E-state index is -0.801. The molecule has 0 aliphatic rings. The second-order valence-corrected chi connectivity index (χ2v) is 11.4. The third-order valence-electron chi connectivity index (χ3n) is 7.51. The molecule has 10 nitrogen and oxygen atoms in total. The van der Waals surface area contributed by atoms with Crippen molar-refractivity contribution in [2.75, 3.05) is 17.3 Å². The maximum absolute atomic E-state index is 13.7. The molecule has 2 amide bonds. The van der Waals surface area contributed by atoms with Crippen molar-refractivity contribution in [3.05, 3.63) is 117 Å². The Morgan fingerprint density at radius 3 is 2.35 bits per heavy atom. The van der Waals surface area contributed by atoms with E-state index in [1.807, 2.05) is 32.0 Å². The highest BCUT2D eigenvalue weighted by molar-refractivity contribution is 6.42. The van der Waals surface area contributed by atoms with Gasteiger partial charge in [-0.05, 0) is 61.4 Å². The van der Waals surface area contributed by atoms with Gasteiger partial charge in [-0.15, -0.1) is 5.10 Å². The lowest BCUT2D eigenvalue weighted by atomic mass is 10.0. The summed E-state index contributed by atoms with van der Waals surface area (Å²) in [6, 6.07) is 22.4. The van der Waals surface area contributed by atoms with E-state index >= 15 is 0 Å². The van der Waals surface area contributed by atoms with Gasteiger partial charge < -0.3 is 15.2 Å². The minimum absolute atomic E-state index is 0.0436. The SMILES string of the molecule is Cc1ccc(C)c(NC(=O)c2cc(OC(=O)c3ccccc3N(C)C(=O)n3nnc4cc(Cl)c(Cl)cc43)c3ccccc3c2O)c1. The number of hydrogen-bond acceptors (Lipinski definition) is 7. The molecule has 0 spiro atoms. The number of carbonyl (C=O) groups excluding carboxylic acids is 3. The smallest absolute Gasteiger partial charge is 0.350 e. The van der Waals surface area contributed by atoms with Crippen LogP contribution in [-0.2, 0) is 0 Å². The first kappa shape index (κ1) is 30.6. The highest BCUT2D eigenvalue weighted by Gasteiger charge is 2.25. The number of aromatic nitrogens is 3. The normalized spacial score (nSPS) is 11.1. The van der Waals surface area contributed by atoms with Gasteiger partial charge in [-0.1, -0.05) is 76.9 Å². The predicted molar refractivity (Wildman–Crippen MR) is 178 cm³/mol. The third-order valence-corrected chi connectivity index (χ3v) is 8.23. The van der Waals surface area contributed by atoms with E-state index in [1.54, 1.807) is 42.5 Å². The molecule has 0 atom stereocenters. The summed E-state index contributed by atoms with van der Waals surface area (Å²) < 4.78 is 6.93. The number of aromatic hydroxyl groups is 1. The van der Waals surface area contributed by atoms with E-state index in [-0.39, 0.29) is 38.4 Å². The number of benzene rings is 5. The summed E-state index contributed by atoms with van der Waals surface area (Å²) >= 11 is 12.3. The van der Waals surface area contributed by atoms with E-state index < -0.39 is 17.9 Å². The fourth-order valence-electron chi connectivity index (χ4n) is 5.04. The largest absolute Gasteiger partial charge is 0.506 e. The van der Waals surface area contributed by atoms with Crippen molar-refractivity contribution in [1.29, 1.82) is 0 Å². The van der Waals surface area contributed by atoms with E-state index in [0.29, 0.717) is 27.5 Å². The van der Waals surface area contributed by atoms with E-state index in [9.17, 15) is 19.5 Å². The second kappa shape index (κ2) is 12.2. The van der Waals surface area contributed by atoms with Gasteiger partial charge in [0, 0.05) is 23.5 Å². The molecule has 5 aromatic carbocycles. The number of fused-ring (bicyclic) bond motifs is 2. The molecule has 0 unspecified atom stereocenters. The van der Waals surface area contributed by atoms with Crippen LogP contribution in [0, 0.1) is 13.8 Å². The van der Waals surface area contributed by atoms with Crippen molar-refractivity contribution in [2.45, 2.75) is 13.8 Å². The predicted octanol–water partition coefficient (Wildman–Crippen LogP) is 7.79. The zero-order valence-electron chi connectivity index (χ0n) is 24.7. The summed E-state index contributed by atoms with van der Waals surface area (Å²) in [5.74, 6) is -1.60. The summed E-state index contributed by atoms with van der Waals surface area (Å²) in [5.41, 5.74) is 3.26. The maximum Gasteiger partial charge on any atom is 0.350 e. The molecule has 46 heavy (non-hydrogen) atoms. The molecule has 0 aliphatic carbocycles. The molecule has 0 saturated heterocycles. The summed E-state index contributed by atoms with van der Waals surface area (Å²) in [4.78, 5) is 42.0. The van der Waals surface area contributed by atoms with Gasteiger partial charge in [-0.25, -0.2) is 9.59 Å². The molecule has 6 rings (SSSR count). The maximum atomic E-state index is 13.7. The zero-order chi connectivity index (χ0) is 32.7. The van der Waals surface area contributed by atoms with Gasteiger partial charge >= 0.3 is 12.0 Å². The molecular formula is C34H25Cl2N5O5. The number of nitrogens with zero attached hydrogens (tertiary/aromatic N) is 4. The number of anilines is 2. The lowest BCUT2D eigenvalue weighted by molar-refractivity contribution is 0.0736. The van der Waals surface area contributed by atoms with Crippen LogP contribution < -0.4 is 15.0 Å². The van der Waals surface area contributed by atoms with Crippen LogP contribution in [0.4, 0.5) is 16.2 Å². The number of amides is 2. The Morgan fingerprint density at radius 2 is 1.57 bits per heavy atom. The van der Waals surface area contributed by atoms with Crippen molar-refractivity contribution < 1.29 is 24.2 Å². The number of ether oxygens (including phenoxy) is 1. The van der Waals surface area contributed by atoms with Crippen LogP contribution >= 0.6 is 23.2 Å². The average Bonchev–Trinajstić information content (AvgIpc) is 3.45. The lowest BCUT2D eigenvalue weighted by Gasteiger charge is -2.20. The topological polar surface area (TPSA) is 127 Å². The van der Waals surface area contributed by atoms with Crippen LogP contribution in [0.15, 0.2) is 84.9 Å². The van der Waals surface area contributed by atoms with Crippen LogP contribution in [-0.4, -0.2) is 45.1 Å². The van der Waals surface area contributed by atoms with Gasteiger partial charge in [0.05, 0.1) is 26.9 Å². The molecule has 1 aromatic heterocycles. The highest BCUT2D eigenvalue weighted by atomic mass is 35.5. The van der Waals surface area contributed by atoms with Gasteiger partial charge in [-0.2, -0.15) is 4.68 Å². The number of esters is 1. The molecule has 0 radical (unpaired) electrons. The van der Waals surface area contributed by atoms with Crippen molar-refractivity contribution in [2.24, 2.45) is 0 Å². The molecule has 230 valence electrons. The number of halogens is 2. The Morgan fingerprint density at radius 1 is 0.870 bits per heavy atom. The first-order valence-corrected chi connectivity index (χ1v) is 14.7. The number of carbonyl (C=O) groups is 3. The van der Waals surface area contributed by atoms with E-state index in [0.717, 1.165) is 15.8 Å². The molecule has 0 fully saturated rings. The standard InChI is InChI=1S/C34H25Cl2N5O5/c1-18-12-13-19(2)26(14-18)37-32(43)23-15-30(20-8-4-5-9-21(20)31(23)42)46-33(44)22-10-6-7-11-28(22)40(3)34(45)41-29-17-25(36)24(35)16-27(29)38-39-41/h4-17,42H,1-3H3,(H,37,43). The summed E-state index contributed by atoms with van der Waals surface area (Å²) in [6.07, 6.45) is 0. The van der Waals surface area contributed by atoms with Crippen molar-refractivity contribution in [3.63, 3.8) is 0 Å². The van der Waals surface area contributed by atoms with Crippen LogP contribution in [0.3, 0.4) is 0 Å². The van der Waals surface area contributed by atoms with Crippen molar-refractivity contribution >= 4 is 74.3 Å². The third kappa shape index (κ3) is 5.60. The monoisotopic (exact) mass is 653 g/mol. The summed E-state index contributed by atoms with van der Waals surface area (Å²) in [6.45, 7) is 3.76. The fourth-order valence-corrected chi connectivity index (χ4v) is 5.36. The first-order valence-electron chi connectivity index (χ1n) is 14.0. The Labute approximate surface area is 272 Å². The number of nitrogens with one attached hydrogen (secondary N) is 1. The summed E-state index contributed by atoms with van der Waals surface area (Å²) in [5, 5.41) is 23.1. The highest BCUT2D eigenvalue weighted by Crippen LogP contribution is 2.37. The fraction of sp³-hybridized carbons (Fsp3) is 0.0882. The van der Waals surface area contributed by atoms with Gasteiger partial charge in [0.25, 0.3) is 5.91 Å². The molecule has 0 saturated carbocycles. The van der Waals surface area contributed by atoms with Crippen LogP contribution in [0.5, 0.6) is 11.5 Å².